The molecule has 30 heavy (non-hydrogen) atoms. The molecule has 0 aliphatic carbocycles. The molecule has 0 saturated carbocycles. The van der Waals surface area contributed by atoms with Crippen molar-refractivity contribution in [2.45, 2.75) is 20.2 Å². The minimum Gasteiger partial charge on any atom is -0.406 e. The molecule has 0 saturated heterocycles. The van der Waals surface area contributed by atoms with E-state index in [0.29, 0.717) is 28.3 Å². The van der Waals surface area contributed by atoms with Gasteiger partial charge in [0.25, 0.3) is 5.91 Å². The Balaban J connectivity index is 2.05. The standard InChI is InChI=1S/C19H17F3N4O4/c1-10-16(11(2)30-26-10)17-24-14(9-15(25-17)18(28)23-7-8-27)12-3-5-13(6-4-12)29-19(20,21)22/h3-6,9,27H,7-8H2,1-2H3,(H,23,28). The smallest absolute Gasteiger partial charge is 0.406 e. The van der Waals surface area contributed by atoms with Gasteiger partial charge in [0.15, 0.2) is 5.82 Å². The van der Waals surface area contributed by atoms with Gasteiger partial charge in [-0.1, -0.05) is 5.16 Å². The van der Waals surface area contributed by atoms with Crippen molar-refractivity contribution in [1.29, 1.82) is 0 Å². The molecule has 2 heterocycles. The third kappa shape index (κ3) is 4.92. The molecular weight excluding hydrogens is 405 g/mol. The minimum atomic E-state index is -4.80. The zero-order chi connectivity index (χ0) is 21.9. The summed E-state index contributed by atoms with van der Waals surface area (Å²) >= 11 is 0. The number of nitrogens with one attached hydrogen (secondary N) is 1. The van der Waals surface area contributed by atoms with Gasteiger partial charge in [0, 0.05) is 12.1 Å². The number of aryl methyl sites for hydroxylation is 2. The second-order valence-electron chi connectivity index (χ2n) is 6.21. The highest BCUT2D eigenvalue weighted by Crippen LogP contribution is 2.29. The Morgan fingerprint density at radius 1 is 1.20 bits per heavy atom. The summed E-state index contributed by atoms with van der Waals surface area (Å²) in [6.45, 7) is 3.14. The quantitative estimate of drug-likeness (QED) is 0.628. The zero-order valence-electron chi connectivity index (χ0n) is 15.9. The first kappa shape index (κ1) is 21.2. The third-order valence-corrected chi connectivity index (χ3v) is 4.00. The molecule has 2 N–H and O–H groups in total. The molecule has 0 aliphatic rings. The van der Waals surface area contributed by atoms with E-state index in [9.17, 15) is 18.0 Å². The number of hydrogen-bond donors (Lipinski definition) is 2. The van der Waals surface area contributed by atoms with Crippen LogP contribution in [0, 0.1) is 13.8 Å². The lowest BCUT2D eigenvalue weighted by atomic mass is 10.1. The lowest BCUT2D eigenvalue weighted by Gasteiger charge is -2.11. The number of halogens is 3. The number of hydrogen-bond acceptors (Lipinski definition) is 7. The van der Waals surface area contributed by atoms with E-state index in [0.717, 1.165) is 12.1 Å². The molecule has 0 radical (unpaired) electrons. The molecule has 11 heteroatoms. The van der Waals surface area contributed by atoms with Gasteiger partial charge < -0.3 is 19.7 Å². The molecule has 1 amide bonds. The maximum Gasteiger partial charge on any atom is 0.573 e. The normalized spacial score (nSPS) is 11.4. The van der Waals surface area contributed by atoms with Crippen LogP contribution in [-0.4, -0.2) is 45.7 Å². The molecule has 0 unspecified atom stereocenters. The number of carbonyl (C=O) groups excluding carboxylic acids is 1. The lowest BCUT2D eigenvalue weighted by molar-refractivity contribution is -0.274. The fraction of sp³-hybridized carbons (Fsp3) is 0.263. The Morgan fingerprint density at radius 2 is 1.90 bits per heavy atom. The first-order valence-corrected chi connectivity index (χ1v) is 8.75. The number of alkyl halides is 3. The van der Waals surface area contributed by atoms with Gasteiger partial charge in [0.1, 0.15) is 17.2 Å². The SMILES string of the molecule is Cc1noc(C)c1-c1nc(C(=O)NCCO)cc(-c2ccc(OC(F)(F)F)cc2)n1. The molecule has 3 rings (SSSR count). The van der Waals surface area contributed by atoms with Gasteiger partial charge in [-0.25, -0.2) is 9.97 Å². The van der Waals surface area contributed by atoms with Crippen molar-refractivity contribution in [3.63, 3.8) is 0 Å². The van der Waals surface area contributed by atoms with E-state index in [1.807, 2.05) is 0 Å². The summed E-state index contributed by atoms with van der Waals surface area (Å²) in [5.74, 6) is -0.307. The number of aromatic nitrogens is 3. The Kier molecular flexibility index (Phi) is 6.01. The molecule has 3 aromatic rings. The number of aliphatic hydroxyl groups is 1. The Bertz CT molecular complexity index is 1030. The monoisotopic (exact) mass is 422 g/mol. The van der Waals surface area contributed by atoms with Crippen molar-refractivity contribution < 1.29 is 32.3 Å². The maximum absolute atomic E-state index is 12.4. The number of rotatable bonds is 6. The summed E-state index contributed by atoms with van der Waals surface area (Å²) in [5, 5.41) is 15.3. The summed E-state index contributed by atoms with van der Waals surface area (Å²) in [6.07, 6.45) is -4.80. The highest BCUT2D eigenvalue weighted by Gasteiger charge is 2.31. The second kappa shape index (κ2) is 8.49. The van der Waals surface area contributed by atoms with E-state index < -0.39 is 12.3 Å². The van der Waals surface area contributed by atoms with Crippen LogP contribution in [0.1, 0.15) is 21.9 Å². The predicted molar refractivity (Wildman–Crippen MR) is 98.5 cm³/mol. The topological polar surface area (TPSA) is 110 Å². The molecule has 0 atom stereocenters. The van der Waals surface area contributed by atoms with Crippen molar-refractivity contribution in [1.82, 2.24) is 20.4 Å². The van der Waals surface area contributed by atoms with Crippen LogP contribution in [0.25, 0.3) is 22.6 Å². The fourth-order valence-electron chi connectivity index (χ4n) is 2.71. The fourth-order valence-corrected chi connectivity index (χ4v) is 2.71. The van der Waals surface area contributed by atoms with Crippen molar-refractivity contribution in [3.05, 3.63) is 47.5 Å². The molecule has 0 bridgehead atoms. The summed E-state index contributed by atoms with van der Waals surface area (Å²) in [7, 11) is 0. The number of carbonyl (C=O) groups is 1. The first-order chi connectivity index (χ1) is 14.2. The number of nitrogens with zero attached hydrogens (tertiary/aromatic N) is 3. The summed E-state index contributed by atoms with van der Waals surface area (Å²) in [6, 6.07) is 6.46. The van der Waals surface area contributed by atoms with Crippen LogP contribution in [0.4, 0.5) is 13.2 Å². The molecule has 0 fully saturated rings. The van der Waals surface area contributed by atoms with E-state index in [2.05, 4.69) is 25.2 Å². The van der Waals surface area contributed by atoms with Crippen molar-refractivity contribution in [2.75, 3.05) is 13.2 Å². The van der Waals surface area contributed by atoms with Gasteiger partial charge in [0.05, 0.1) is 23.6 Å². The lowest BCUT2D eigenvalue weighted by Crippen LogP contribution is -2.27. The average molecular weight is 422 g/mol. The van der Waals surface area contributed by atoms with Gasteiger partial charge >= 0.3 is 6.36 Å². The minimum absolute atomic E-state index is 0.0130. The molecule has 158 valence electrons. The van der Waals surface area contributed by atoms with Crippen LogP contribution in [0.15, 0.2) is 34.9 Å². The van der Waals surface area contributed by atoms with E-state index in [4.69, 9.17) is 9.63 Å². The van der Waals surface area contributed by atoms with Gasteiger partial charge in [0.2, 0.25) is 0 Å². The maximum atomic E-state index is 12.4. The number of aliphatic hydroxyl groups excluding tert-OH is 1. The average Bonchev–Trinajstić information content (AvgIpc) is 3.03. The summed E-state index contributed by atoms with van der Waals surface area (Å²) in [5.41, 5.74) is 1.77. The van der Waals surface area contributed by atoms with Crippen LogP contribution in [0.5, 0.6) is 5.75 Å². The summed E-state index contributed by atoms with van der Waals surface area (Å²) in [4.78, 5) is 21.1. The summed E-state index contributed by atoms with van der Waals surface area (Å²) < 4.78 is 46.1. The molecule has 8 nitrogen and oxygen atoms in total. The second-order valence-corrected chi connectivity index (χ2v) is 6.21. The van der Waals surface area contributed by atoms with Crippen LogP contribution in [0.3, 0.4) is 0 Å². The molecule has 1 aromatic carbocycles. The van der Waals surface area contributed by atoms with Gasteiger partial charge in [-0.3, -0.25) is 4.79 Å². The molecule has 0 spiro atoms. The highest BCUT2D eigenvalue weighted by molar-refractivity contribution is 5.93. The van der Waals surface area contributed by atoms with E-state index in [1.54, 1.807) is 13.8 Å². The van der Waals surface area contributed by atoms with Crippen LogP contribution in [0.2, 0.25) is 0 Å². The molecule has 0 aliphatic heterocycles. The van der Waals surface area contributed by atoms with Crippen LogP contribution in [-0.2, 0) is 0 Å². The van der Waals surface area contributed by atoms with Crippen LogP contribution >= 0.6 is 0 Å². The number of ether oxygens (including phenoxy) is 1. The van der Waals surface area contributed by atoms with Gasteiger partial charge in [-0.15, -0.1) is 13.2 Å². The van der Waals surface area contributed by atoms with E-state index >= 15 is 0 Å². The number of amides is 1. The highest BCUT2D eigenvalue weighted by atomic mass is 19.4. The Morgan fingerprint density at radius 3 is 2.47 bits per heavy atom. The third-order valence-electron chi connectivity index (χ3n) is 4.00. The first-order valence-electron chi connectivity index (χ1n) is 8.75. The van der Waals surface area contributed by atoms with Gasteiger partial charge in [-0.05, 0) is 44.2 Å². The Hall–Kier alpha value is -3.47. The molecular formula is C19H17F3N4O4. The predicted octanol–water partition coefficient (Wildman–Crippen LogP) is 3.04. The largest absolute Gasteiger partial charge is 0.573 e. The van der Waals surface area contributed by atoms with Crippen molar-refractivity contribution in [2.24, 2.45) is 0 Å². The van der Waals surface area contributed by atoms with Gasteiger partial charge in [-0.2, -0.15) is 0 Å². The molecule has 2 aromatic heterocycles. The zero-order valence-corrected chi connectivity index (χ0v) is 15.9. The van der Waals surface area contributed by atoms with E-state index in [-0.39, 0.29) is 30.4 Å². The van der Waals surface area contributed by atoms with Crippen molar-refractivity contribution in [3.8, 4) is 28.4 Å². The van der Waals surface area contributed by atoms with E-state index in [1.165, 1.54) is 18.2 Å². The van der Waals surface area contributed by atoms with Crippen LogP contribution < -0.4 is 10.1 Å². The number of benzene rings is 1. The Labute approximate surface area is 168 Å². The van der Waals surface area contributed by atoms with Crippen molar-refractivity contribution >= 4 is 5.91 Å².